The van der Waals surface area contributed by atoms with Gasteiger partial charge in [-0.05, 0) is 62.8 Å². The van der Waals surface area contributed by atoms with Gasteiger partial charge in [-0.1, -0.05) is 43.7 Å². The van der Waals surface area contributed by atoms with Crippen molar-refractivity contribution in [2.45, 2.75) is 63.8 Å². The van der Waals surface area contributed by atoms with E-state index < -0.39 is 58.4 Å². The van der Waals surface area contributed by atoms with Crippen LogP contribution in [0.15, 0.2) is 54.1 Å². The van der Waals surface area contributed by atoms with Crippen molar-refractivity contribution in [3.63, 3.8) is 0 Å². The lowest BCUT2D eigenvalue weighted by molar-refractivity contribution is -0.219. The van der Waals surface area contributed by atoms with Crippen LogP contribution in [0.1, 0.15) is 56.8 Å². The molecular weight excluding hydrogens is 463 g/mol. The standard InChI is InChI=1S/C29H33FO6/c1-17-13-22-21-10-9-19-14-20(32)11-12-26(19,2)28(21,30)23(33)15-27(22,3)29(17,24(34)16-31)36-25(35)18-7-5-4-6-8-18/h4-8,11-12,14,17,21-23,31,33H,9-10,13,15-16H2,1-3H3/t17-,21-,22-,23-,26-,27-,28-,29-/m0/s1. The van der Waals surface area contributed by atoms with Gasteiger partial charge in [0.15, 0.2) is 17.1 Å². The van der Waals surface area contributed by atoms with Crippen LogP contribution in [0.4, 0.5) is 4.39 Å². The molecule has 0 spiro atoms. The van der Waals surface area contributed by atoms with Gasteiger partial charge >= 0.3 is 5.97 Å². The summed E-state index contributed by atoms with van der Waals surface area (Å²) in [6.45, 7) is 4.51. The van der Waals surface area contributed by atoms with E-state index in [0.717, 1.165) is 0 Å². The number of fused-ring (bicyclic) bond motifs is 5. The molecule has 0 heterocycles. The Morgan fingerprint density at radius 2 is 1.86 bits per heavy atom. The van der Waals surface area contributed by atoms with Crippen molar-refractivity contribution in [1.82, 2.24) is 0 Å². The van der Waals surface area contributed by atoms with Gasteiger partial charge < -0.3 is 14.9 Å². The van der Waals surface area contributed by atoms with Gasteiger partial charge in [-0.2, -0.15) is 0 Å². The van der Waals surface area contributed by atoms with E-state index in [9.17, 15) is 24.6 Å². The Morgan fingerprint density at radius 3 is 2.53 bits per heavy atom. The van der Waals surface area contributed by atoms with Gasteiger partial charge in [0, 0.05) is 22.7 Å². The largest absolute Gasteiger partial charge is 0.446 e. The number of hydrogen-bond donors (Lipinski definition) is 2. The van der Waals surface area contributed by atoms with Crippen molar-refractivity contribution in [3.05, 3.63) is 59.7 Å². The van der Waals surface area contributed by atoms with Crippen molar-refractivity contribution in [3.8, 4) is 0 Å². The Kier molecular flexibility index (Phi) is 5.69. The molecule has 0 bridgehead atoms. The lowest BCUT2D eigenvalue weighted by atomic mass is 9.44. The fourth-order valence-corrected chi connectivity index (χ4v) is 8.30. The monoisotopic (exact) mass is 496 g/mol. The fourth-order valence-electron chi connectivity index (χ4n) is 8.30. The summed E-state index contributed by atoms with van der Waals surface area (Å²) in [6, 6.07) is 8.33. The molecule has 0 radical (unpaired) electrons. The second kappa shape index (κ2) is 8.18. The third-order valence-corrected chi connectivity index (χ3v) is 10.0. The Hall–Kier alpha value is -2.64. The lowest BCUT2D eigenvalue weighted by Gasteiger charge is -2.62. The number of carbonyl (C=O) groups excluding carboxylic acids is 3. The summed E-state index contributed by atoms with van der Waals surface area (Å²) in [5, 5.41) is 21.5. The van der Waals surface area contributed by atoms with E-state index in [-0.39, 0.29) is 23.7 Å². The Balaban J connectivity index is 1.61. The molecule has 3 fully saturated rings. The molecule has 6 nitrogen and oxygen atoms in total. The van der Waals surface area contributed by atoms with E-state index in [1.165, 1.54) is 12.2 Å². The number of carbonyl (C=O) groups is 3. The maximum Gasteiger partial charge on any atom is 0.339 e. The number of ketones is 2. The van der Waals surface area contributed by atoms with Crippen LogP contribution in [0.5, 0.6) is 0 Å². The number of rotatable bonds is 4. The van der Waals surface area contributed by atoms with Crippen LogP contribution in [0.2, 0.25) is 0 Å². The Morgan fingerprint density at radius 1 is 1.17 bits per heavy atom. The molecule has 7 heteroatoms. The van der Waals surface area contributed by atoms with Crippen molar-refractivity contribution in [2.75, 3.05) is 6.61 Å². The highest BCUT2D eigenvalue weighted by Gasteiger charge is 2.77. The topological polar surface area (TPSA) is 101 Å². The van der Waals surface area contributed by atoms with Crippen LogP contribution in [0.3, 0.4) is 0 Å². The highest BCUT2D eigenvalue weighted by atomic mass is 19.1. The van der Waals surface area contributed by atoms with Gasteiger partial charge in [0.25, 0.3) is 0 Å². The van der Waals surface area contributed by atoms with Crippen LogP contribution in [0.25, 0.3) is 0 Å². The zero-order valence-corrected chi connectivity index (χ0v) is 20.9. The summed E-state index contributed by atoms with van der Waals surface area (Å²) in [7, 11) is 0. The van der Waals surface area contributed by atoms with Crippen molar-refractivity contribution in [2.24, 2.45) is 28.6 Å². The van der Waals surface area contributed by atoms with E-state index in [0.29, 0.717) is 24.8 Å². The summed E-state index contributed by atoms with van der Waals surface area (Å²) in [5.74, 6) is -3.01. The molecule has 0 saturated heterocycles. The maximum absolute atomic E-state index is 17.4. The van der Waals surface area contributed by atoms with Crippen molar-refractivity contribution < 1.29 is 33.7 Å². The molecule has 4 aliphatic carbocycles. The van der Waals surface area contributed by atoms with Gasteiger partial charge in [0.05, 0.1) is 11.7 Å². The molecule has 192 valence electrons. The number of aliphatic hydroxyl groups is 2. The number of hydrogen-bond acceptors (Lipinski definition) is 6. The molecule has 0 aromatic heterocycles. The zero-order valence-electron chi connectivity index (χ0n) is 20.9. The predicted molar refractivity (Wildman–Crippen MR) is 130 cm³/mol. The van der Waals surface area contributed by atoms with E-state index in [4.69, 9.17) is 4.74 Å². The maximum atomic E-state index is 17.4. The molecule has 0 unspecified atom stereocenters. The number of halogens is 1. The summed E-state index contributed by atoms with van der Waals surface area (Å²) in [4.78, 5) is 38.8. The third-order valence-electron chi connectivity index (χ3n) is 10.0. The van der Waals surface area contributed by atoms with Gasteiger partial charge in [-0.15, -0.1) is 0 Å². The molecule has 1 aromatic carbocycles. The number of ether oxygens (including phenoxy) is 1. The predicted octanol–water partition coefficient (Wildman–Crippen LogP) is 3.76. The van der Waals surface area contributed by atoms with E-state index in [2.05, 4.69) is 0 Å². The number of alkyl halides is 1. The average molecular weight is 497 g/mol. The highest BCUT2D eigenvalue weighted by Crippen LogP contribution is 2.71. The summed E-state index contributed by atoms with van der Waals surface area (Å²) in [6.07, 6.45) is 4.16. The van der Waals surface area contributed by atoms with Crippen LogP contribution in [-0.2, 0) is 14.3 Å². The number of aliphatic hydroxyl groups excluding tert-OH is 2. The first kappa shape index (κ1) is 25.0. The van der Waals surface area contributed by atoms with Crippen LogP contribution < -0.4 is 0 Å². The first-order chi connectivity index (χ1) is 17.0. The molecule has 5 rings (SSSR count). The molecular formula is C29H33FO6. The van der Waals surface area contributed by atoms with E-state index in [1.54, 1.807) is 57.2 Å². The van der Waals surface area contributed by atoms with Gasteiger partial charge in [-0.25, -0.2) is 9.18 Å². The molecule has 4 aliphatic rings. The van der Waals surface area contributed by atoms with Crippen molar-refractivity contribution >= 4 is 17.5 Å². The Labute approximate surface area is 210 Å². The quantitative estimate of drug-likeness (QED) is 0.616. The zero-order chi connectivity index (χ0) is 26.1. The van der Waals surface area contributed by atoms with Gasteiger partial charge in [-0.3, -0.25) is 9.59 Å². The molecule has 36 heavy (non-hydrogen) atoms. The highest BCUT2D eigenvalue weighted by molar-refractivity contribution is 6.01. The average Bonchev–Trinajstić information content (AvgIpc) is 3.07. The first-order valence-electron chi connectivity index (χ1n) is 12.7. The number of benzene rings is 1. The summed E-state index contributed by atoms with van der Waals surface area (Å²) < 4.78 is 23.4. The SMILES string of the molecule is C[C@H]1C[C@H]2[C@@H]3CCC4=CC(=O)C=C[C@]4(C)[C@@]3(F)[C@@H](O)C[C@]2(C)[C@@]1(OC(=O)c1ccccc1)C(=O)CO. The minimum atomic E-state index is -2.06. The lowest BCUT2D eigenvalue weighted by Crippen LogP contribution is -2.70. The molecule has 3 saturated carbocycles. The summed E-state index contributed by atoms with van der Waals surface area (Å²) in [5.41, 5.74) is -5.06. The molecule has 0 amide bonds. The molecule has 1 aromatic rings. The van der Waals surface area contributed by atoms with Gasteiger partial charge in [0.1, 0.15) is 6.61 Å². The van der Waals surface area contributed by atoms with Crippen LogP contribution in [-0.4, -0.2) is 51.7 Å². The number of Topliss-reactive ketones (excluding diaryl/α,β-unsaturated/α-hetero) is 1. The number of allylic oxidation sites excluding steroid dienone is 4. The second-order valence-corrected chi connectivity index (χ2v) is 11.5. The number of esters is 1. The van der Waals surface area contributed by atoms with E-state index in [1.807, 2.05) is 0 Å². The molecule has 2 N–H and O–H groups in total. The minimum Gasteiger partial charge on any atom is -0.446 e. The molecule has 8 atom stereocenters. The fraction of sp³-hybridized carbons (Fsp3) is 0.552. The smallest absolute Gasteiger partial charge is 0.339 e. The van der Waals surface area contributed by atoms with E-state index >= 15 is 4.39 Å². The van der Waals surface area contributed by atoms with Gasteiger partial charge in [0.2, 0.25) is 5.78 Å². The third kappa shape index (κ3) is 2.99. The van der Waals surface area contributed by atoms with Crippen LogP contribution in [0, 0.1) is 28.6 Å². The first-order valence-corrected chi connectivity index (χ1v) is 12.7. The van der Waals surface area contributed by atoms with Crippen LogP contribution >= 0.6 is 0 Å². The minimum absolute atomic E-state index is 0.118. The second-order valence-electron chi connectivity index (χ2n) is 11.5. The van der Waals surface area contributed by atoms with Crippen molar-refractivity contribution in [1.29, 1.82) is 0 Å². The normalized spacial score (nSPS) is 43.2. The summed E-state index contributed by atoms with van der Waals surface area (Å²) >= 11 is 0. The molecule has 0 aliphatic heterocycles. The Bertz CT molecular complexity index is 1180.